The highest BCUT2D eigenvalue weighted by Gasteiger charge is 2.39. The molecule has 2 heterocycles. The molecular formula is C25H28FN3O3. The molecule has 2 aliphatic rings. The van der Waals surface area contributed by atoms with Crippen molar-refractivity contribution in [2.45, 2.75) is 20.3 Å². The molecular weight excluding hydrogens is 409 g/mol. The van der Waals surface area contributed by atoms with Crippen molar-refractivity contribution in [2.24, 2.45) is 0 Å². The number of imide groups is 1. The summed E-state index contributed by atoms with van der Waals surface area (Å²) in [5, 5.41) is 3.01. The van der Waals surface area contributed by atoms with Crippen LogP contribution < -0.4 is 5.32 Å². The first-order chi connectivity index (χ1) is 15.4. The summed E-state index contributed by atoms with van der Waals surface area (Å²) in [6, 6.07) is 11.6. The first-order valence-corrected chi connectivity index (χ1v) is 10.9. The Hall–Kier alpha value is -3.03. The Bertz CT molecular complexity index is 1060. The van der Waals surface area contributed by atoms with Crippen molar-refractivity contribution in [3.8, 4) is 0 Å². The third-order valence-electron chi connectivity index (χ3n) is 6.02. The molecule has 2 aromatic rings. The van der Waals surface area contributed by atoms with Crippen LogP contribution in [-0.4, -0.2) is 61.0 Å². The molecule has 0 spiro atoms. The van der Waals surface area contributed by atoms with E-state index in [1.165, 1.54) is 17.0 Å². The molecule has 2 aliphatic heterocycles. The fourth-order valence-corrected chi connectivity index (χ4v) is 4.05. The summed E-state index contributed by atoms with van der Waals surface area (Å²) in [6.45, 7) is 8.24. The van der Waals surface area contributed by atoms with Crippen LogP contribution in [0.3, 0.4) is 0 Å². The van der Waals surface area contributed by atoms with Crippen LogP contribution in [0.5, 0.6) is 0 Å². The van der Waals surface area contributed by atoms with E-state index in [9.17, 15) is 14.0 Å². The number of nitrogens with one attached hydrogen (secondary N) is 1. The average Bonchev–Trinajstić information content (AvgIpc) is 3.01. The molecule has 4 rings (SSSR count). The van der Waals surface area contributed by atoms with Gasteiger partial charge in [-0.2, -0.15) is 0 Å². The molecule has 2 aromatic carbocycles. The van der Waals surface area contributed by atoms with Crippen LogP contribution in [0, 0.1) is 19.7 Å². The number of rotatable bonds is 7. The number of nitrogens with zero attached hydrogens (tertiary/aromatic N) is 2. The Balaban J connectivity index is 1.59. The summed E-state index contributed by atoms with van der Waals surface area (Å²) < 4.78 is 19.1. The number of aryl methyl sites for hydroxylation is 2. The van der Waals surface area contributed by atoms with Gasteiger partial charge in [0.25, 0.3) is 11.8 Å². The zero-order chi connectivity index (χ0) is 22.7. The maximum Gasteiger partial charge on any atom is 0.278 e. The summed E-state index contributed by atoms with van der Waals surface area (Å²) in [7, 11) is 0. The molecule has 0 saturated carbocycles. The van der Waals surface area contributed by atoms with Gasteiger partial charge in [0.1, 0.15) is 11.5 Å². The average molecular weight is 438 g/mol. The zero-order valence-electron chi connectivity index (χ0n) is 18.5. The number of halogens is 1. The van der Waals surface area contributed by atoms with Crippen molar-refractivity contribution >= 4 is 23.1 Å². The van der Waals surface area contributed by atoms with Crippen molar-refractivity contribution in [3.05, 3.63) is 70.7 Å². The summed E-state index contributed by atoms with van der Waals surface area (Å²) >= 11 is 0. The number of hydrogen-bond acceptors (Lipinski definition) is 5. The van der Waals surface area contributed by atoms with E-state index in [4.69, 9.17) is 4.74 Å². The maximum absolute atomic E-state index is 13.7. The lowest BCUT2D eigenvalue weighted by Crippen LogP contribution is -2.39. The summed E-state index contributed by atoms with van der Waals surface area (Å²) in [5.41, 5.74) is 3.77. The minimum absolute atomic E-state index is 0.190. The molecule has 2 amide bonds. The molecule has 1 fully saturated rings. The van der Waals surface area contributed by atoms with E-state index >= 15 is 0 Å². The van der Waals surface area contributed by atoms with Crippen LogP contribution >= 0.6 is 0 Å². The maximum atomic E-state index is 13.7. The molecule has 0 radical (unpaired) electrons. The van der Waals surface area contributed by atoms with Crippen LogP contribution in [0.25, 0.3) is 5.57 Å². The van der Waals surface area contributed by atoms with Gasteiger partial charge in [-0.1, -0.05) is 24.3 Å². The SMILES string of the molecule is Cc1ccc(C2=C(Nc3cccc(F)c3)C(=O)N(CCCN3CCOCC3)C2=O)cc1C. The van der Waals surface area contributed by atoms with E-state index in [2.05, 4.69) is 10.2 Å². The van der Waals surface area contributed by atoms with Gasteiger partial charge >= 0.3 is 0 Å². The van der Waals surface area contributed by atoms with Crippen molar-refractivity contribution < 1.29 is 18.7 Å². The highest BCUT2D eigenvalue weighted by atomic mass is 19.1. The second-order valence-electron chi connectivity index (χ2n) is 8.25. The Morgan fingerprint density at radius 2 is 1.75 bits per heavy atom. The van der Waals surface area contributed by atoms with E-state index in [0.29, 0.717) is 43.0 Å². The summed E-state index contributed by atoms with van der Waals surface area (Å²) in [5.74, 6) is -1.11. The standard InChI is InChI=1S/C25H28FN3O3/c1-17-7-8-19(15-18(17)2)22-23(27-21-6-3-5-20(26)16-21)25(31)29(24(22)30)10-4-9-28-11-13-32-14-12-28/h3,5-8,15-16,27H,4,9-14H2,1-2H3. The van der Waals surface area contributed by atoms with Gasteiger partial charge in [0, 0.05) is 31.9 Å². The van der Waals surface area contributed by atoms with Gasteiger partial charge in [0.05, 0.1) is 18.8 Å². The molecule has 168 valence electrons. The fraction of sp³-hybridized carbons (Fsp3) is 0.360. The van der Waals surface area contributed by atoms with E-state index in [1.807, 2.05) is 32.0 Å². The Kier molecular flexibility index (Phi) is 6.67. The monoisotopic (exact) mass is 437 g/mol. The zero-order valence-corrected chi connectivity index (χ0v) is 18.5. The molecule has 0 aliphatic carbocycles. The fourth-order valence-electron chi connectivity index (χ4n) is 4.05. The predicted molar refractivity (Wildman–Crippen MR) is 121 cm³/mol. The first kappa shape index (κ1) is 22.2. The van der Waals surface area contributed by atoms with Crippen molar-refractivity contribution in [1.82, 2.24) is 9.80 Å². The second-order valence-corrected chi connectivity index (χ2v) is 8.25. The quantitative estimate of drug-likeness (QED) is 0.673. The Morgan fingerprint density at radius 3 is 2.47 bits per heavy atom. The third-order valence-corrected chi connectivity index (χ3v) is 6.02. The minimum Gasteiger partial charge on any atom is -0.379 e. The number of anilines is 1. The number of morpholine rings is 1. The third kappa shape index (κ3) is 4.74. The van der Waals surface area contributed by atoms with Gasteiger partial charge in [-0.25, -0.2) is 4.39 Å². The molecule has 0 bridgehead atoms. The van der Waals surface area contributed by atoms with Gasteiger partial charge in [-0.05, 0) is 55.2 Å². The molecule has 7 heteroatoms. The number of benzene rings is 2. The highest BCUT2D eigenvalue weighted by molar-refractivity contribution is 6.36. The van der Waals surface area contributed by atoms with E-state index in [1.54, 1.807) is 12.1 Å². The van der Waals surface area contributed by atoms with Gasteiger partial charge in [0.15, 0.2) is 0 Å². The van der Waals surface area contributed by atoms with Crippen LogP contribution in [0.4, 0.5) is 10.1 Å². The second kappa shape index (κ2) is 9.63. The van der Waals surface area contributed by atoms with Crippen molar-refractivity contribution in [2.75, 3.05) is 44.7 Å². The molecule has 6 nitrogen and oxygen atoms in total. The van der Waals surface area contributed by atoms with Gasteiger partial charge in [-0.3, -0.25) is 19.4 Å². The number of carbonyl (C=O) groups is 2. The predicted octanol–water partition coefficient (Wildman–Crippen LogP) is 3.36. The molecule has 0 atom stereocenters. The molecule has 0 aromatic heterocycles. The lowest BCUT2D eigenvalue weighted by molar-refractivity contribution is -0.136. The summed E-state index contributed by atoms with van der Waals surface area (Å²) in [4.78, 5) is 30.2. The molecule has 1 N–H and O–H groups in total. The van der Waals surface area contributed by atoms with Crippen LogP contribution in [0.2, 0.25) is 0 Å². The van der Waals surface area contributed by atoms with Gasteiger partial charge in [-0.15, -0.1) is 0 Å². The van der Waals surface area contributed by atoms with Gasteiger partial charge in [0.2, 0.25) is 0 Å². The van der Waals surface area contributed by atoms with Crippen LogP contribution in [-0.2, 0) is 14.3 Å². The minimum atomic E-state index is -0.414. The molecule has 1 saturated heterocycles. The van der Waals surface area contributed by atoms with E-state index < -0.39 is 5.82 Å². The van der Waals surface area contributed by atoms with Crippen molar-refractivity contribution in [1.29, 1.82) is 0 Å². The first-order valence-electron chi connectivity index (χ1n) is 10.9. The van der Waals surface area contributed by atoms with Gasteiger partial charge < -0.3 is 10.1 Å². The smallest absolute Gasteiger partial charge is 0.278 e. The largest absolute Gasteiger partial charge is 0.379 e. The van der Waals surface area contributed by atoms with Crippen LogP contribution in [0.15, 0.2) is 48.2 Å². The Labute approximate surface area is 187 Å². The van der Waals surface area contributed by atoms with E-state index in [0.717, 1.165) is 30.8 Å². The Morgan fingerprint density at radius 1 is 0.969 bits per heavy atom. The lowest BCUT2D eigenvalue weighted by Gasteiger charge is -2.27. The van der Waals surface area contributed by atoms with E-state index in [-0.39, 0.29) is 17.5 Å². The lowest BCUT2D eigenvalue weighted by atomic mass is 9.99. The molecule has 0 unspecified atom stereocenters. The number of carbonyl (C=O) groups excluding carboxylic acids is 2. The number of hydrogen-bond donors (Lipinski definition) is 1. The number of amides is 2. The van der Waals surface area contributed by atoms with Crippen LogP contribution in [0.1, 0.15) is 23.1 Å². The van der Waals surface area contributed by atoms with Crippen molar-refractivity contribution in [3.63, 3.8) is 0 Å². The normalized spacial score (nSPS) is 17.4. The summed E-state index contributed by atoms with van der Waals surface area (Å²) in [6.07, 6.45) is 0.685. The topological polar surface area (TPSA) is 61.9 Å². The molecule has 32 heavy (non-hydrogen) atoms. The number of ether oxygens (including phenoxy) is 1. The highest BCUT2D eigenvalue weighted by Crippen LogP contribution is 2.31.